The maximum absolute atomic E-state index is 12.0. The molecule has 0 radical (unpaired) electrons. The lowest BCUT2D eigenvalue weighted by molar-refractivity contribution is 0.0522. The van der Waals surface area contributed by atoms with Crippen LogP contribution >= 0.6 is 24.0 Å². The Hall–Kier alpha value is -1.59. The molecule has 180 valence electrons. The van der Waals surface area contributed by atoms with Gasteiger partial charge in [-0.15, -0.1) is 24.0 Å². The van der Waals surface area contributed by atoms with E-state index in [1.54, 1.807) is 0 Å². The molecule has 0 aliphatic rings. The number of rotatable bonds is 11. The van der Waals surface area contributed by atoms with Gasteiger partial charge in [0, 0.05) is 31.5 Å². The fourth-order valence-corrected chi connectivity index (χ4v) is 2.58. The van der Waals surface area contributed by atoms with Crippen molar-refractivity contribution in [1.29, 1.82) is 0 Å². The Morgan fingerprint density at radius 1 is 1.23 bits per heavy atom. The average Bonchev–Trinajstić information content (AvgIpc) is 3.11. The van der Waals surface area contributed by atoms with Crippen LogP contribution in [-0.4, -0.2) is 53.5 Å². The monoisotopic (exact) mass is 552 g/mol. The van der Waals surface area contributed by atoms with Gasteiger partial charge < -0.3 is 25.2 Å². The van der Waals surface area contributed by atoms with Crippen LogP contribution in [0.4, 0.5) is 4.79 Å². The highest BCUT2D eigenvalue weighted by atomic mass is 127. The number of nitrogens with one attached hydrogen (secondary N) is 3. The summed E-state index contributed by atoms with van der Waals surface area (Å²) < 4.78 is 10.6. The molecule has 0 saturated heterocycles. The molecule has 31 heavy (non-hydrogen) atoms. The molecule has 0 saturated carbocycles. The van der Waals surface area contributed by atoms with E-state index < -0.39 is 11.7 Å². The number of carbonyl (C=O) groups excluding carboxylic acids is 1. The minimum absolute atomic E-state index is 0. The van der Waals surface area contributed by atoms with Gasteiger partial charge in [0.15, 0.2) is 11.8 Å². The summed E-state index contributed by atoms with van der Waals surface area (Å²) >= 11 is 0. The Bertz CT molecular complexity index is 658. The van der Waals surface area contributed by atoms with Crippen LogP contribution in [-0.2, 0) is 11.2 Å². The van der Waals surface area contributed by atoms with Gasteiger partial charge in [-0.2, -0.15) is 4.98 Å². The number of amides is 1. The molecule has 1 heterocycles. The number of halogens is 1. The van der Waals surface area contributed by atoms with E-state index in [9.17, 15) is 4.79 Å². The van der Waals surface area contributed by atoms with Gasteiger partial charge in [-0.05, 0) is 34.1 Å². The van der Waals surface area contributed by atoms with Gasteiger partial charge >= 0.3 is 6.09 Å². The molecule has 1 aromatic rings. The predicted octanol–water partition coefficient (Wildman–Crippen LogP) is 3.99. The van der Waals surface area contributed by atoms with E-state index in [0.29, 0.717) is 37.2 Å². The third-order valence-electron chi connectivity index (χ3n) is 4.08. The van der Waals surface area contributed by atoms with Crippen molar-refractivity contribution in [3.05, 3.63) is 11.7 Å². The second-order valence-corrected chi connectivity index (χ2v) is 8.58. The smallest absolute Gasteiger partial charge is 0.407 e. The molecule has 0 bridgehead atoms. The number of guanidine groups is 1. The van der Waals surface area contributed by atoms with Gasteiger partial charge in [0.2, 0.25) is 5.89 Å². The molecule has 0 aliphatic carbocycles. The van der Waals surface area contributed by atoms with Crippen molar-refractivity contribution >= 4 is 36.0 Å². The summed E-state index contributed by atoms with van der Waals surface area (Å²) in [6.07, 6.45) is 3.20. The van der Waals surface area contributed by atoms with E-state index in [0.717, 1.165) is 25.8 Å². The first kappa shape index (κ1) is 29.4. The summed E-state index contributed by atoms with van der Waals surface area (Å²) in [7, 11) is 0. The number of hydrogen-bond acceptors (Lipinski definition) is 6. The molecule has 1 atom stereocenters. The van der Waals surface area contributed by atoms with Crippen LogP contribution in [0.1, 0.15) is 85.4 Å². The minimum Gasteiger partial charge on any atom is -0.444 e. The van der Waals surface area contributed by atoms with E-state index >= 15 is 0 Å². The summed E-state index contributed by atoms with van der Waals surface area (Å²) in [5.74, 6) is 2.24. The van der Waals surface area contributed by atoms with E-state index in [1.165, 1.54) is 0 Å². The third-order valence-corrected chi connectivity index (χ3v) is 4.08. The topological polar surface area (TPSA) is 114 Å². The van der Waals surface area contributed by atoms with Crippen molar-refractivity contribution in [3.63, 3.8) is 0 Å². The lowest BCUT2D eigenvalue weighted by Crippen LogP contribution is -2.49. The van der Waals surface area contributed by atoms with E-state index in [4.69, 9.17) is 9.26 Å². The van der Waals surface area contributed by atoms with Crippen LogP contribution in [0.5, 0.6) is 0 Å². The first-order valence-electron chi connectivity index (χ1n) is 11.0. The molecule has 1 amide bonds. The Morgan fingerprint density at radius 2 is 1.94 bits per heavy atom. The van der Waals surface area contributed by atoms with Crippen LogP contribution in [0.2, 0.25) is 0 Å². The van der Waals surface area contributed by atoms with Crippen LogP contribution in [0.15, 0.2) is 9.52 Å². The standard InChI is InChI=1S/C21H40N6O3.HI/c1-8-10-11-16(14-24-20(28)29-21(5,6)7)25-19(22-9-2)23-13-12-17-26-18(15(3)4)27-30-17;/h15-16H,8-14H2,1-7H3,(H,24,28)(H2,22,23,25);1H. The maximum atomic E-state index is 12.0. The lowest BCUT2D eigenvalue weighted by atomic mass is 10.1. The Labute approximate surface area is 204 Å². The third kappa shape index (κ3) is 13.4. The van der Waals surface area contributed by atoms with Gasteiger partial charge in [-0.25, -0.2) is 4.79 Å². The fourth-order valence-electron chi connectivity index (χ4n) is 2.58. The maximum Gasteiger partial charge on any atom is 0.407 e. The van der Waals surface area contributed by atoms with Crippen molar-refractivity contribution in [1.82, 2.24) is 26.1 Å². The number of ether oxygens (including phenoxy) is 1. The van der Waals surface area contributed by atoms with E-state index in [1.807, 2.05) is 41.5 Å². The van der Waals surface area contributed by atoms with Crippen molar-refractivity contribution in [3.8, 4) is 0 Å². The molecule has 0 fully saturated rings. The molecule has 3 N–H and O–H groups in total. The Morgan fingerprint density at radius 3 is 2.48 bits per heavy atom. The number of unbranched alkanes of at least 4 members (excludes halogenated alkanes) is 1. The number of aromatic nitrogens is 2. The highest BCUT2D eigenvalue weighted by Gasteiger charge is 2.18. The zero-order valence-corrected chi connectivity index (χ0v) is 22.4. The molecule has 0 aliphatic heterocycles. The summed E-state index contributed by atoms with van der Waals surface area (Å²) in [5, 5.41) is 13.5. The summed E-state index contributed by atoms with van der Waals surface area (Å²) in [6, 6.07) is 0.0474. The van der Waals surface area contributed by atoms with Crippen LogP contribution in [0.3, 0.4) is 0 Å². The van der Waals surface area contributed by atoms with Crippen LogP contribution < -0.4 is 16.0 Å². The second kappa shape index (κ2) is 15.3. The van der Waals surface area contributed by atoms with Gasteiger partial charge in [-0.3, -0.25) is 4.99 Å². The number of alkyl carbamates (subject to hydrolysis) is 1. The SMILES string of the molecule is CCCCC(CNC(=O)OC(C)(C)C)NC(=NCCc1nc(C(C)C)no1)NCC.I. The summed E-state index contributed by atoms with van der Waals surface area (Å²) in [5.41, 5.74) is -0.517. The zero-order valence-electron chi connectivity index (χ0n) is 20.1. The number of hydrogen-bond donors (Lipinski definition) is 3. The molecule has 0 spiro atoms. The molecule has 1 unspecified atom stereocenters. The van der Waals surface area contributed by atoms with Gasteiger partial charge in [0.1, 0.15) is 5.60 Å². The van der Waals surface area contributed by atoms with Crippen molar-refractivity contribution in [2.45, 2.75) is 91.7 Å². The highest BCUT2D eigenvalue weighted by molar-refractivity contribution is 14.0. The largest absolute Gasteiger partial charge is 0.444 e. The van der Waals surface area contributed by atoms with E-state index in [-0.39, 0.29) is 35.9 Å². The van der Waals surface area contributed by atoms with Crippen molar-refractivity contribution < 1.29 is 14.1 Å². The molecule has 1 aromatic heterocycles. The van der Waals surface area contributed by atoms with Crippen molar-refractivity contribution in [2.24, 2.45) is 4.99 Å². The van der Waals surface area contributed by atoms with Crippen LogP contribution in [0, 0.1) is 0 Å². The number of aliphatic imine (C=N–C) groups is 1. The minimum atomic E-state index is -0.517. The summed E-state index contributed by atoms with van der Waals surface area (Å²) in [4.78, 5) is 21.0. The molecular weight excluding hydrogens is 511 g/mol. The molecule has 9 nitrogen and oxygen atoms in total. The normalized spacial score (nSPS) is 12.8. The lowest BCUT2D eigenvalue weighted by Gasteiger charge is -2.24. The quantitative estimate of drug-likeness (QED) is 0.216. The first-order chi connectivity index (χ1) is 14.1. The van der Waals surface area contributed by atoms with Crippen LogP contribution in [0.25, 0.3) is 0 Å². The first-order valence-corrected chi connectivity index (χ1v) is 11.0. The molecule has 0 aromatic carbocycles. The highest BCUT2D eigenvalue weighted by Crippen LogP contribution is 2.10. The molecular formula is C21H41IN6O3. The molecule has 10 heteroatoms. The number of nitrogens with zero attached hydrogens (tertiary/aromatic N) is 3. The van der Waals surface area contributed by atoms with Gasteiger partial charge in [-0.1, -0.05) is 38.8 Å². The Kier molecular flexibility index (Phi) is 14.5. The predicted molar refractivity (Wildman–Crippen MR) is 134 cm³/mol. The number of carbonyl (C=O) groups is 1. The summed E-state index contributed by atoms with van der Waals surface area (Å²) in [6.45, 7) is 15.5. The zero-order chi connectivity index (χ0) is 22.6. The van der Waals surface area contributed by atoms with Gasteiger partial charge in [0.25, 0.3) is 0 Å². The fraction of sp³-hybridized carbons (Fsp3) is 0.810. The second-order valence-electron chi connectivity index (χ2n) is 8.58. The Balaban J connectivity index is 0.00000900. The van der Waals surface area contributed by atoms with Gasteiger partial charge in [0.05, 0.1) is 6.54 Å². The molecule has 1 rings (SSSR count). The van der Waals surface area contributed by atoms with E-state index in [2.05, 4.69) is 38.0 Å². The average molecular weight is 553 g/mol. The van der Waals surface area contributed by atoms with Crippen molar-refractivity contribution in [2.75, 3.05) is 19.6 Å².